The van der Waals surface area contributed by atoms with Gasteiger partial charge in [0, 0.05) is 24.5 Å². The molecular weight excluding hydrogens is 230 g/mol. The maximum Gasteiger partial charge on any atom is 0.293 e. The molecule has 0 radical (unpaired) electrons. The second-order valence-electron chi connectivity index (χ2n) is 4.68. The monoisotopic (exact) mass is 247 g/mol. The number of rotatable bonds is 4. The van der Waals surface area contributed by atoms with Crippen LogP contribution in [-0.2, 0) is 6.54 Å². The topological polar surface area (TPSA) is 60.1 Å². The normalized spacial score (nSPS) is 10.9. The van der Waals surface area contributed by atoms with Crippen LogP contribution in [0.25, 0.3) is 0 Å². The molecule has 2 rings (SSSR count). The number of hydrogen-bond donors (Lipinski definition) is 1. The fourth-order valence-electron chi connectivity index (χ4n) is 1.74. The van der Waals surface area contributed by atoms with Crippen LogP contribution >= 0.6 is 0 Å². The summed E-state index contributed by atoms with van der Waals surface area (Å²) in [6.45, 7) is 6.87. The number of carbonyl (C=O) groups excluding carboxylic acids is 1. The molecule has 0 atom stereocenters. The largest absolute Gasteiger partial charge is 0.459 e. The van der Waals surface area contributed by atoms with E-state index in [0.717, 1.165) is 12.1 Å². The summed E-state index contributed by atoms with van der Waals surface area (Å²) in [5, 5.41) is 2.76. The standard InChI is InChI=1S/C13H17N3O2/c1-9(2)8-16-6-5-14-13(16)15-12(17)11-10(3)4-7-18-11/h4-7,9H,8H2,1-3H3,(H,14,15,17). The number of nitrogens with one attached hydrogen (secondary N) is 1. The fraction of sp³-hybridized carbons (Fsp3) is 0.385. The lowest BCUT2D eigenvalue weighted by Crippen LogP contribution is -2.17. The maximum absolute atomic E-state index is 12.0. The number of amides is 1. The van der Waals surface area contributed by atoms with E-state index in [4.69, 9.17) is 4.42 Å². The second-order valence-corrected chi connectivity index (χ2v) is 4.68. The summed E-state index contributed by atoms with van der Waals surface area (Å²) in [6.07, 6.45) is 5.03. The molecule has 0 bridgehead atoms. The molecule has 0 fully saturated rings. The van der Waals surface area contributed by atoms with Gasteiger partial charge in [0.15, 0.2) is 5.76 Å². The Hall–Kier alpha value is -2.04. The van der Waals surface area contributed by atoms with Gasteiger partial charge in [-0.25, -0.2) is 4.98 Å². The molecular formula is C13H17N3O2. The molecule has 0 aromatic carbocycles. The molecule has 0 aliphatic rings. The number of hydrogen-bond acceptors (Lipinski definition) is 3. The summed E-state index contributed by atoms with van der Waals surface area (Å²) in [5.41, 5.74) is 0.814. The Bertz CT molecular complexity index is 540. The van der Waals surface area contributed by atoms with Crippen molar-refractivity contribution in [3.05, 3.63) is 36.0 Å². The van der Waals surface area contributed by atoms with Gasteiger partial charge in [0.05, 0.1) is 6.26 Å². The smallest absolute Gasteiger partial charge is 0.293 e. The fourth-order valence-corrected chi connectivity index (χ4v) is 1.74. The number of carbonyl (C=O) groups is 1. The minimum atomic E-state index is -0.270. The Morgan fingerprint density at radius 2 is 2.33 bits per heavy atom. The van der Waals surface area contributed by atoms with Crippen LogP contribution in [0.1, 0.15) is 30.0 Å². The van der Waals surface area contributed by atoms with Crippen LogP contribution in [0.4, 0.5) is 5.95 Å². The van der Waals surface area contributed by atoms with Crippen molar-refractivity contribution in [1.29, 1.82) is 0 Å². The zero-order valence-corrected chi connectivity index (χ0v) is 10.8. The first-order valence-corrected chi connectivity index (χ1v) is 5.94. The molecule has 18 heavy (non-hydrogen) atoms. The van der Waals surface area contributed by atoms with E-state index < -0.39 is 0 Å². The second kappa shape index (κ2) is 5.08. The van der Waals surface area contributed by atoms with Crippen molar-refractivity contribution in [1.82, 2.24) is 9.55 Å². The van der Waals surface area contributed by atoms with Crippen molar-refractivity contribution < 1.29 is 9.21 Å². The molecule has 0 aliphatic carbocycles. The van der Waals surface area contributed by atoms with Gasteiger partial charge in [-0.2, -0.15) is 0 Å². The van der Waals surface area contributed by atoms with Crippen LogP contribution in [0.2, 0.25) is 0 Å². The number of furan rings is 1. The molecule has 0 spiro atoms. The van der Waals surface area contributed by atoms with Gasteiger partial charge < -0.3 is 8.98 Å². The SMILES string of the molecule is Cc1ccoc1C(=O)Nc1nccn1CC(C)C. The molecule has 0 unspecified atom stereocenters. The first kappa shape index (κ1) is 12.4. The lowest BCUT2D eigenvalue weighted by atomic mass is 10.2. The number of anilines is 1. The lowest BCUT2D eigenvalue weighted by molar-refractivity contribution is 0.0994. The van der Waals surface area contributed by atoms with Gasteiger partial charge >= 0.3 is 0 Å². The zero-order chi connectivity index (χ0) is 13.1. The number of aryl methyl sites for hydroxylation is 1. The predicted octanol–water partition coefficient (Wildman–Crippen LogP) is 2.69. The average Bonchev–Trinajstić information content (AvgIpc) is 2.88. The Balaban J connectivity index is 2.13. The molecule has 5 nitrogen and oxygen atoms in total. The summed E-state index contributed by atoms with van der Waals surface area (Å²) in [4.78, 5) is 16.1. The van der Waals surface area contributed by atoms with E-state index in [1.807, 2.05) is 17.7 Å². The van der Waals surface area contributed by atoms with E-state index in [9.17, 15) is 4.79 Å². The minimum Gasteiger partial charge on any atom is -0.459 e. The van der Waals surface area contributed by atoms with Crippen molar-refractivity contribution in [3.8, 4) is 0 Å². The van der Waals surface area contributed by atoms with E-state index in [0.29, 0.717) is 17.6 Å². The molecule has 2 aromatic heterocycles. The summed E-state index contributed by atoms with van der Waals surface area (Å²) >= 11 is 0. The molecule has 96 valence electrons. The lowest BCUT2D eigenvalue weighted by Gasteiger charge is -2.10. The maximum atomic E-state index is 12.0. The van der Waals surface area contributed by atoms with Crippen LogP contribution in [0, 0.1) is 12.8 Å². The highest BCUT2D eigenvalue weighted by Gasteiger charge is 2.15. The summed E-state index contributed by atoms with van der Waals surface area (Å²) in [6, 6.07) is 1.76. The molecule has 0 saturated heterocycles. The minimum absolute atomic E-state index is 0.270. The van der Waals surface area contributed by atoms with E-state index in [1.54, 1.807) is 12.3 Å². The van der Waals surface area contributed by atoms with Crippen LogP contribution < -0.4 is 5.32 Å². The molecule has 0 aliphatic heterocycles. The van der Waals surface area contributed by atoms with E-state index in [1.165, 1.54) is 6.26 Å². The van der Waals surface area contributed by atoms with Crippen LogP contribution in [-0.4, -0.2) is 15.5 Å². The molecule has 1 N–H and O–H groups in total. The Kier molecular flexibility index (Phi) is 3.50. The summed E-state index contributed by atoms with van der Waals surface area (Å²) in [5.74, 6) is 1.09. The average molecular weight is 247 g/mol. The number of nitrogens with zero attached hydrogens (tertiary/aromatic N) is 2. The van der Waals surface area contributed by atoms with Crippen molar-refractivity contribution >= 4 is 11.9 Å². The van der Waals surface area contributed by atoms with E-state index in [-0.39, 0.29) is 5.91 Å². The van der Waals surface area contributed by atoms with E-state index >= 15 is 0 Å². The van der Waals surface area contributed by atoms with Gasteiger partial charge in [-0.3, -0.25) is 10.1 Å². The van der Waals surface area contributed by atoms with Crippen molar-refractivity contribution in [2.75, 3.05) is 5.32 Å². The molecule has 2 heterocycles. The van der Waals surface area contributed by atoms with Gasteiger partial charge in [-0.05, 0) is 18.9 Å². The molecule has 2 aromatic rings. The molecule has 1 amide bonds. The third kappa shape index (κ3) is 2.61. The van der Waals surface area contributed by atoms with Crippen LogP contribution in [0.3, 0.4) is 0 Å². The predicted molar refractivity (Wildman–Crippen MR) is 68.5 cm³/mol. The van der Waals surface area contributed by atoms with Crippen LogP contribution in [0.15, 0.2) is 29.1 Å². The van der Waals surface area contributed by atoms with Crippen molar-refractivity contribution in [3.63, 3.8) is 0 Å². The first-order valence-electron chi connectivity index (χ1n) is 5.94. The van der Waals surface area contributed by atoms with Gasteiger partial charge in [0.1, 0.15) is 0 Å². The van der Waals surface area contributed by atoms with Gasteiger partial charge in [-0.15, -0.1) is 0 Å². The number of aromatic nitrogens is 2. The third-order valence-electron chi connectivity index (χ3n) is 2.57. The summed E-state index contributed by atoms with van der Waals surface area (Å²) < 4.78 is 7.06. The van der Waals surface area contributed by atoms with Crippen molar-refractivity contribution in [2.45, 2.75) is 27.3 Å². The third-order valence-corrected chi connectivity index (χ3v) is 2.57. The Labute approximate surface area is 106 Å². The highest BCUT2D eigenvalue weighted by molar-refractivity contribution is 6.02. The zero-order valence-electron chi connectivity index (χ0n) is 10.8. The van der Waals surface area contributed by atoms with Gasteiger partial charge in [-0.1, -0.05) is 13.8 Å². The van der Waals surface area contributed by atoms with E-state index in [2.05, 4.69) is 24.1 Å². The first-order chi connectivity index (χ1) is 8.58. The highest BCUT2D eigenvalue weighted by atomic mass is 16.3. The Morgan fingerprint density at radius 1 is 1.56 bits per heavy atom. The molecule has 0 saturated carbocycles. The van der Waals surface area contributed by atoms with Crippen LogP contribution in [0.5, 0.6) is 0 Å². The number of imidazole rings is 1. The highest BCUT2D eigenvalue weighted by Crippen LogP contribution is 2.13. The summed E-state index contributed by atoms with van der Waals surface area (Å²) in [7, 11) is 0. The molecule has 5 heteroatoms. The van der Waals surface area contributed by atoms with Crippen molar-refractivity contribution in [2.24, 2.45) is 5.92 Å². The quantitative estimate of drug-likeness (QED) is 0.903. The van der Waals surface area contributed by atoms with Gasteiger partial charge in [0.2, 0.25) is 5.95 Å². The van der Waals surface area contributed by atoms with Gasteiger partial charge in [0.25, 0.3) is 5.91 Å². The Morgan fingerprint density at radius 3 is 2.94 bits per heavy atom.